The number of nitrogens with one attached hydrogen (secondary N) is 1. The third-order valence-electron chi connectivity index (χ3n) is 6.00. The van der Waals surface area contributed by atoms with Crippen molar-refractivity contribution >= 4 is 17.6 Å². The summed E-state index contributed by atoms with van der Waals surface area (Å²) in [5, 5.41) is 7.60. The Balaban J connectivity index is 1.75. The molecule has 1 aromatic carbocycles. The fourth-order valence-electron chi connectivity index (χ4n) is 4.53. The van der Waals surface area contributed by atoms with Crippen LogP contribution in [0.15, 0.2) is 18.2 Å². The molecule has 0 atom stereocenters. The van der Waals surface area contributed by atoms with Gasteiger partial charge in [-0.1, -0.05) is 38.5 Å². The van der Waals surface area contributed by atoms with Crippen LogP contribution in [0.4, 0.5) is 11.4 Å². The number of benzene rings is 1. The van der Waals surface area contributed by atoms with E-state index in [4.69, 9.17) is 11.1 Å². The Morgan fingerprint density at radius 2 is 1.46 bits per heavy atom. The van der Waals surface area contributed by atoms with Crippen LogP contribution >= 0.6 is 0 Å². The van der Waals surface area contributed by atoms with E-state index in [1.165, 1.54) is 89.2 Å². The van der Waals surface area contributed by atoms with Crippen LogP contribution in [0.5, 0.6) is 0 Å². The highest BCUT2D eigenvalue weighted by molar-refractivity contribution is 5.86. The normalized spacial score (nSPS) is 20.0. The average Bonchev–Trinajstić information content (AvgIpc) is 2.63. The molecule has 3 nitrogen and oxygen atoms in total. The molecular weight excluding hydrogens is 294 g/mol. The molecule has 0 spiro atoms. The van der Waals surface area contributed by atoms with Crippen molar-refractivity contribution in [2.45, 2.75) is 64.2 Å². The Kier molecular flexibility index (Phi) is 6.17. The van der Waals surface area contributed by atoms with Crippen LogP contribution in [-0.2, 0) is 0 Å². The monoisotopic (exact) mass is 327 g/mol. The van der Waals surface area contributed by atoms with Gasteiger partial charge in [0.25, 0.3) is 0 Å². The third kappa shape index (κ3) is 4.52. The van der Waals surface area contributed by atoms with Gasteiger partial charge in [0.2, 0.25) is 0 Å². The van der Waals surface area contributed by atoms with E-state index in [1.807, 2.05) is 6.07 Å². The predicted molar refractivity (Wildman–Crippen MR) is 104 cm³/mol. The van der Waals surface area contributed by atoms with Crippen LogP contribution in [-0.4, -0.2) is 19.3 Å². The average molecular weight is 328 g/mol. The molecule has 2 saturated carbocycles. The molecular formula is C21H33N3. The van der Waals surface area contributed by atoms with Crippen molar-refractivity contribution in [1.29, 1.82) is 5.41 Å². The van der Waals surface area contributed by atoms with E-state index in [2.05, 4.69) is 17.0 Å². The number of hydrogen-bond donors (Lipinski definition) is 2. The Hall–Kier alpha value is -1.51. The van der Waals surface area contributed by atoms with Gasteiger partial charge in [-0.05, 0) is 55.7 Å². The van der Waals surface area contributed by atoms with Gasteiger partial charge >= 0.3 is 0 Å². The lowest BCUT2D eigenvalue weighted by molar-refractivity contribution is 0.327. The van der Waals surface area contributed by atoms with Gasteiger partial charge in [-0.2, -0.15) is 0 Å². The van der Waals surface area contributed by atoms with E-state index in [0.717, 1.165) is 17.4 Å². The van der Waals surface area contributed by atoms with Crippen molar-refractivity contribution in [2.24, 2.45) is 11.8 Å². The highest BCUT2D eigenvalue weighted by atomic mass is 15.1. The van der Waals surface area contributed by atoms with E-state index in [0.29, 0.717) is 5.69 Å². The molecule has 0 heterocycles. The molecule has 0 amide bonds. The Bertz CT molecular complexity index is 508. The third-order valence-corrected chi connectivity index (χ3v) is 6.00. The first-order chi connectivity index (χ1) is 11.8. The van der Waals surface area contributed by atoms with Gasteiger partial charge in [0.05, 0.1) is 0 Å². The summed E-state index contributed by atoms with van der Waals surface area (Å²) in [7, 11) is 0. The molecule has 2 aliphatic rings. The van der Waals surface area contributed by atoms with Crippen LogP contribution in [0.3, 0.4) is 0 Å². The molecule has 132 valence electrons. The maximum atomic E-state index is 7.60. The minimum absolute atomic E-state index is 0.712. The summed E-state index contributed by atoms with van der Waals surface area (Å²) in [6, 6.07) is 6.26. The summed E-state index contributed by atoms with van der Waals surface area (Å²) in [5.74, 6) is 1.67. The SMILES string of the molecule is N=Cc1cc(N(CC2CCCCC2)CC2CCCCC2)ccc1N. The van der Waals surface area contributed by atoms with E-state index < -0.39 is 0 Å². The zero-order valence-corrected chi connectivity index (χ0v) is 15.0. The number of nitrogen functional groups attached to an aromatic ring is 1. The largest absolute Gasteiger partial charge is 0.398 e. The summed E-state index contributed by atoms with van der Waals surface area (Å²) >= 11 is 0. The number of anilines is 2. The summed E-state index contributed by atoms with van der Waals surface area (Å²) < 4.78 is 0. The molecule has 1 aromatic rings. The number of nitrogens with two attached hydrogens (primary N) is 1. The van der Waals surface area contributed by atoms with Crippen molar-refractivity contribution < 1.29 is 0 Å². The highest BCUT2D eigenvalue weighted by Crippen LogP contribution is 2.31. The van der Waals surface area contributed by atoms with Gasteiger partial charge in [-0.25, -0.2) is 0 Å². The molecule has 0 aromatic heterocycles. The van der Waals surface area contributed by atoms with E-state index in [1.54, 1.807) is 0 Å². The van der Waals surface area contributed by atoms with E-state index in [9.17, 15) is 0 Å². The second kappa shape index (κ2) is 8.55. The minimum Gasteiger partial charge on any atom is -0.398 e. The molecule has 0 bridgehead atoms. The summed E-state index contributed by atoms with van der Waals surface area (Å²) in [5.41, 5.74) is 8.83. The number of nitrogens with zero attached hydrogens (tertiary/aromatic N) is 1. The lowest BCUT2D eigenvalue weighted by atomic mass is 9.86. The van der Waals surface area contributed by atoms with Crippen LogP contribution in [0.1, 0.15) is 69.8 Å². The van der Waals surface area contributed by atoms with Gasteiger partial charge in [0, 0.05) is 36.2 Å². The Labute approximate surface area is 147 Å². The molecule has 2 fully saturated rings. The fraction of sp³-hybridized carbons (Fsp3) is 0.667. The molecule has 3 N–H and O–H groups in total. The quantitative estimate of drug-likeness (QED) is 0.555. The Morgan fingerprint density at radius 3 is 1.96 bits per heavy atom. The maximum absolute atomic E-state index is 7.60. The zero-order chi connectivity index (χ0) is 16.8. The molecule has 0 aliphatic heterocycles. The molecule has 3 rings (SSSR count). The molecule has 3 heteroatoms. The predicted octanol–water partition coefficient (Wildman–Crippen LogP) is 5.23. The lowest BCUT2D eigenvalue weighted by Crippen LogP contribution is -2.35. The number of rotatable bonds is 6. The highest BCUT2D eigenvalue weighted by Gasteiger charge is 2.22. The molecule has 0 unspecified atom stereocenters. The smallest absolute Gasteiger partial charge is 0.0404 e. The first-order valence-corrected chi connectivity index (χ1v) is 9.91. The standard InChI is InChI=1S/C21H33N3/c22-14-19-13-20(11-12-21(19)23)24(15-17-7-3-1-4-8-17)16-18-9-5-2-6-10-18/h11-14,17-18,22H,1-10,15-16,23H2. The van der Waals surface area contributed by atoms with Crippen molar-refractivity contribution in [3.8, 4) is 0 Å². The van der Waals surface area contributed by atoms with Crippen molar-refractivity contribution in [1.82, 2.24) is 0 Å². The van der Waals surface area contributed by atoms with E-state index >= 15 is 0 Å². The van der Waals surface area contributed by atoms with Gasteiger partial charge in [-0.15, -0.1) is 0 Å². The van der Waals surface area contributed by atoms with Gasteiger partial charge in [0.1, 0.15) is 0 Å². The van der Waals surface area contributed by atoms with Gasteiger partial charge < -0.3 is 16.0 Å². The molecule has 0 saturated heterocycles. The summed E-state index contributed by atoms with van der Waals surface area (Å²) in [4.78, 5) is 2.61. The van der Waals surface area contributed by atoms with Crippen LogP contribution in [0.2, 0.25) is 0 Å². The second-order valence-corrected chi connectivity index (χ2v) is 7.87. The molecule has 0 radical (unpaired) electrons. The van der Waals surface area contributed by atoms with Crippen molar-refractivity contribution in [3.63, 3.8) is 0 Å². The minimum atomic E-state index is 0.712. The first kappa shape index (κ1) is 17.3. The maximum Gasteiger partial charge on any atom is 0.0404 e. The van der Waals surface area contributed by atoms with E-state index in [-0.39, 0.29) is 0 Å². The van der Waals surface area contributed by atoms with Crippen LogP contribution in [0, 0.1) is 17.2 Å². The topological polar surface area (TPSA) is 53.1 Å². The first-order valence-electron chi connectivity index (χ1n) is 9.91. The summed E-state index contributed by atoms with van der Waals surface area (Å²) in [6.45, 7) is 2.36. The van der Waals surface area contributed by atoms with Gasteiger partial charge in [-0.3, -0.25) is 0 Å². The fourth-order valence-corrected chi connectivity index (χ4v) is 4.53. The lowest BCUT2D eigenvalue weighted by Gasteiger charge is -2.35. The molecule has 2 aliphatic carbocycles. The van der Waals surface area contributed by atoms with Crippen molar-refractivity contribution in [3.05, 3.63) is 23.8 Å². The summed E-state index contributed by atoms with van der Waals surface area (Å²) in [6.07, 6.45) is 15.3. The zero-order valence-electron chi connectivity index (χ0n) is 15.0. The van der Waals surface area contributed by atoms with Crippen molar-refractivity contribution in [2.75, 3.05) is 23.7 Å². The molecule has 24 heavy (non-hydrogen) atoms. The van der Waals surface area contributed by atoms with Crippen LogP contribution < -0.4 is 10.6 Å². The second-order valence-electron chi connectivity index (χ2n) is 7.87. The van der Waals surface area contributed by atoms with Crippen LogP contribution in [0.25, 0.3) is 0 Å². The Morgan fingerprint density at radius 1 is 0.917 bits per heavy atom. The number of hydrogen-bond acceptors (Lipinski definition) is 3. The van der Waals surface area contributed by atoms with Gasteiger partial charge in [0.15, 0.2) is 0 Å².